The van der Waals surface area contributed by atoms with Gasteiger partial charge in [0, 0.05) is 18.1 Å². The summed E-state index contributed by atoms with van der Waals surface area (Å²) >= 11 is 5.38. The quantitative estimate of drug-likeness (QED) is 0.571. The predicted molar refractivity (Wildman–Crippen MR) is 64.0 cm³/mol. The highest BCUT2D eigenvalue weighted by Gasteiger charge is 2.10. The van der Waals surface area contributed by atoms with E-state index in [0.29, 0.717) is 6.54 Å². The Kier molecular flexibility index (Phi) is 4.73. The Labute approximate surface area is 104 Å². The lowest BCUT2D eigenvalue weighted by Crippen LogP contribution is -2.30. The molecule has 6 nitrogen and oxygen atoms in total. The molecule has 1 aromatic carbocycles. The fraction of sp³-hybridized carbons (Fsp3) is 0.222. The molecule has 0 radical (unpaired) electrons. The lowest BCUT2D eigenvalue weighted by Gasteiger charge is -2.07. The van der Waals surface area contributed by atoms with Crippen LogP contribution in [-0.2, 0) is 10.1 Å². The number of hydrogen-bond acceptors (Lipinski definition) is 3. The third kappa shape index (κ3) is 4.59. The zero-order chi connectivity index (χ0) is 12.9. The van der Waals surface area contributed by atoms with Crippen LogP contribution in [0.15, 0.2) is 29.2 Å². The summed E-state index contributed by atoms with van der Waals surface area (Å²) in [5.74, 6) is 0.276. The molecule has 0 unspecified atom stereocenters. The lowest BCUT2D eigenvalue weighted by molar-refractivity contribution is 0.252. The largest absolute Gasteiger partial charge is 0.337 e. The number of nitrogens with one attached hydrogen (secondary N) is 2. The molecule has 1 aromatic rings. The molecule has 2 amide bonds. The normalized spacial score (nSPS) is 10.9. The van der Waals surface area contributed by atoms with Crippen molar-refractivity contribution >= 4 is 33.4 Å². The molecule has 0 bridgehead atoms. The fourth-order valence-electron chi connectivity index (χ4n) is 1.07. The molecule has 0 aliphatic rings. The van der Waals surface area contributed by atoms with Crippen LogP contribution in [0.5, 0.6) is 0 Å². The van der Waals surface area contributed by atoms with Crippen LogP contribution in [0.4, 0.5) is 10.5 Å². The number of benzene rings is 1. The van der Waals surface area contributed by atoms with E-state index in [2.05, 4.69) is 10.6 Å². The van der Waals surface area contributed by atoms with Crippen molar-refractivity contribution in [3.63, 3.8) is 0 Å². The van der Waals surface area contributed by atoms with Crippen molar-refractivity contribution in [2.75, 3.05) is 17.7 Å². The minimum absolute atomic E-state index is 0.257. The Morgan fingerprint density at radius 2 is 2.12 bits per heavy atom. The standard InChI is InChI=1S/C9H11ClN2O4S/c10-4-5-11-9(13)12-7-2-1-3-8(6-7)17(14,15)16/h1-3,6H,4-5H2,(H2,11,12,13)(H,14,15,16). The van der Waals surface area contributed by atoms with E-state index in [1.807, 2.05) is 0 Å². The van der Waals surface area contributed by atoms with Gasteiger partial charge in [0.05, 0.1) is 4.90 Å². The van der Waals surface area contributed by atoms with Crippen molar-refractivity contribution in [3.8, 4) is 0 Å². The first-order valence-electron chi connectivity index (χ1n) is 4.62. The Hall–Kier alpha value is -1.31. The van der Waals surface area contributed by atoms with Crippen LogP contribution in [0, 0.1) is 0 Å². The first-order chi connectivity index (χ1) is 7.93. The number of alkyl halides is 1. The maximum absolute atomic E-state index is 11.2. The van der Waals surface area contributed by atoms with Gasteiger partial charge >= 0.3 is 6.03 Å². The zero-order valence-corrected chi connectivity index (χ0v) is 10.3. The van der Waals surface area contributed by atoms with Gasteiger partial charge in [-0.3, -0.25) is 4.55 Å². The molecule has 94 valence electrons. The van der Waals surface area contributed by atoms with E-state index in [1.54, 1.807) is 0 Å². The van der Waals surface area contributed by atoms with Gasteiger partial charge in [-0.2, -0.15) is 8.42 Å². The molecule has 17 heavy (non-hydrogen) atoms. The van der Waals surface area contributed by atoms with Gasteiger partial charge in [-0.15, -0.1) is 11.6 Å². The molecule has 0 aliphatic heterocycles. The number of hydrogen-bond donors (Lipinski definition) is 3. The Morgan fingerprint density at radius 1 is 1.41 bits per heavy atom. The van der Waals surface area contributed by atoms with Crippen LogP contribution in [0.3, 0.4) is 0 Å². The van der Waals surface area contributed by atoms with Gasteiger partial charge < -0.3 is 10.6 Å². The van der Waals surface area contributed by atoms with Crippen LogP contribution < -0.4 is 10.6 Å². The fourth-order valence-corrected chi connectivity index (χ4v) is 1.69. The van der Waals surface area contributed by atoms with Crippen molar-refractivity contribution in [2.45, 2.75) is 4.90 Å². The molecule has 0 spiro atoms. The number of carbonyl (C=O) groups is 1. The first-order valence-corrected chi connectivity index (χ1v) is 6.59. The number of rotatable bonds is 4. The van der Waals surface area contributed by atoms with E-state index in [9.17, 15) is 13.2 Å². The van der Waals surface area contributed by atoms with E-state index in [1.165, 1.54) is 18.2 Å². The molecule has 3 N–H and O–H groups in total. The van der Waals surface area contributed by atoms with Crippen LogP contribution in [0.2, 0.25) is 0 Å². The summed E-state index contributed by atoms with van der Waals surface area (Å²) in [6.45, 7) is 0.297. The van der Waals surface area contributed by atoms with Crippen molar-refractivity contribution in [1.82, 2.24) is 5.32 Å². The summed E-state index contributed by atoms with van der Waals surface area (Å²) in [5, 5.41) is 4.85. The molecule has 0 saturated heterocycles. The second kappa shape index (κ2) is 5.85. The summed E-state index contributed by atoms with van der Waals surface area (Å²) in [6.07, 6.45) is 0. The number of amides is 2. The molecule has 8 heteroatoms. The van der Waals surface area contributed by atoms with E-state index in [-0.39, 0.29) is 16.5 Å². The van der Waals surface area contributed by atoms with E-state index in [4.69, 9.17) is 16.2 Å². The van der Waals surface area contributed by atoms with Gasteiger partial charge in [0.15, 0.2) is 0 Å². The van der Waals surface area contributed by atoms with Gasteiger partial charge in [-0.05, 0) is 18.2 Å². The lowest BCUT2D eigenvalue weighted by atomic mass is 10.3. The highest BCUT2D eigenvalue weighted by Crippen LogP contribution is 2.14. The van der Waals surface area contributed by atoms with Crippen molar-refractivity contribution in [1.29, 1.82) is 0 Å². The summed E-state index contributed by atoms with van der Waals surface area (Å²) in [6, 6.07) is 4.76. The minimum Gasteiger partial charge on any atom is -0.337 e. The van der Waals surface area contributed by atoms with Crippen LogP contribution in [0.25, 0.3) is 0 Å². The number of anilines is 1. The van der Waals surface area contributed by atoms with Crippen molar-refractivity contribution in [3.05, 3.63) is 24.3 Å². The number of carbonyl (C=O) groups excluding carboxylic acids is 1. The minimum atomic E-state index is -4.27. The topological polar surface area (TPSA) is 95.5 Å². The van der Waals surface area contributed by atoms with Crippen LogP contribution >= 0.6 is 11.6 Å². The smallest absolute Gasteiger partial charge is 0.319 e. The summed E-state index contributed by atoms with van der Waals surface area (Å²) in [5.41, 5.74) is 0.257. The number of halogens is 1. The maximum Gasteiger partial charge on any atom is 0.319 e. The third-order valence-electron chi connectivity index (χ3n) is 1.77. The second-order valence-electron chi connectivity index (χ2n) is 3.07. The molecule has 1 rings (SSSR count). The van der Waals surface area contributed by atoms with Gasteiger partial charge in [-0.25, -0.2) is 4.79 Å². The zero-order valence-electron chi connectivity index (χ0n) is 8.68. The average Bonchev–Trinajstić information content (AvgIpc) is 2.25. The molecular formula is C9H11ClN2O4S. The molecule has 0 saturated carbocycles. The first kappa shape index (κ1) is 13.8. The summed E-state index contributed by atoms with van der Waals surface area (Å²) < 4.78 is 30.5. The molecular weight excluding hydrogens is 268 g/mol. The average molecular weight is 279 g/mol. The van der Waals surface area contributed by atoms with Crippen LogP contribution in [0.1, 0.15) is 0 Å². The molecule has 0 aliphatic carbocycles. The predicted octanol–water partition coefficient (Wildman–Crippen LogP) is 1.29. The molecule has 0 atom stereocenters. The molecule has 0 fully saturated rings. The van der Waals surface area contributed by atoms with Gasteiger partial charge in [0.1, 0.15) is 0 Å². The SMILES string of the molecule is O=C(NCCCl)Nc1cccc(S(=O)(=O)O)c1. The highest BCUT2D eigenvalue weighted by atomic mass is 35.5. The maximum atomic E-state index is 11.2. The van der Waals surface area contributed by atoms with Crippen LogP contribution in [-0.4, -0.2) is 31.4 Å². The van der Waals surface area contributed by atoms with E-state index >= 15 is 0 Å². The van der Waals surface area contributed by atoms with Gasteiger partial charge in [0.2, 0.25) is 0 Å². The third-order valence-corrected chi connectivity index (χ3v) is 2.81. The monoisotopic (exact) mass is 278 g/mol. The Balaban J connectivity index is 2.76. The Morgan fingerprint density at radius 3 is 2.71 bits per heavy atom. The number of urea groups is 1. The summed E-state index contributed by atoms with van der Waals surface area (Å²) in [7, 11) is -4.27. The van der Waals surface area contributed by atoms with E-state index < -0.39 is 16.1 Å². The van der Waals surface area contributed by atoms with Crippen molar-refractivity contribution < 1.29 is 17.8 Å². The van der Waals surface area contributed by atoms with Gasteiger partial charge in [-0.1, -0.05) is 6.07 Å². The molecule has 0 heterocycles. The van der Waals surface area contributed by atoms with E-state index in [0.717, 1.165) is 6.07 Å². The Bertz CT molecular complexity index is 503. The van der Waals surface area contributed by atoms with Crippen molar-refractivity contribution in [2.24, 2.45) is 0 Å². The van der Waals surface area contributed by atoms with Gasteiger partial charge in [0.25, 0.3) is 10.1 Å². The second-order valence-corrected chi connectivity index (χ2v) is 4.87. The highest BCUT2D eigenvalue weighted by molar-refractivity contribution is 7.85. The summed E-state index contributed by atoms with van der Waals surface area (Å²) in [4.78, 5) is 11.0. The molecule has 0 aromatic heterocycles.